The van der Waals surface area contributed by atoms with Gasteiger partial charge in [0, 0.05) is 6.42 Å². The largest absolute Gasteiger partial charge is 0.465 e. The minimum absolute atomic E-state index is 0.112. The zero-order valence-electron chi connectivity index (χ0n) is 16.9. The first-order chi connectivity index (χ1) is 14.5. The number of nitrogens with two attached hydrogens (primary N) is 1. The van der Waals surface area contributed by atoms with Gasteiger partial charge in [-0.1, -0.05) is 25.5 Å². The second-order valence-electron chi connectivity index (χ2n) is 6.67. The van der Waals surface area contributed by atoms with Crippen LogP contribution in [0, 0.1) is 12.3 Å². The van der Waals surface area contributed by atoms with Crippen molar-refractivity contribution in [2.24, 2.45) is 0 Å². The summed E-state index contributed by atoms with van der Waals surface area (Å²) in [6, 6.07) is 5.32. The van der Waals surface area contributed by atoms with Gasteiger partial charge >= 0.3 is 17.7 Å². The lowest BCUT2D eigenvalue weighted by Gasteiger charge is -2.10. The highest BCUT2D eigenvalue weighted by Crippen LogP contribution is 2.20. The number of terminal acetylenes is 1. The van der Waals surface area contributed by atoms with Gasteiger partial charge in [-0.2, -0.15) is 9.97 Å². The summed E-state index contributed by atoms with van der Waals surface area (Å²) in [7, 11) is 1.30. The van der Waals surface area contributed by atoms with E-state index in [9.17, 15) is 9.59 Å². The maximum Gasteiger partial charge on any atom is 0.338 e. The van der Waals surface area contributed by atoms with E-state index in [0.29, 0.717) is 40.9 Å². The maximum absolute atomic E-state index is 12.5. The zero-order chi connectivity index (χ0) is 21.7. The van der Waals surface area contributed by atoms with Crippen LogP contribution in [0.1, 0.15) is 41.3 Å². The number of imidazole rings is 1. The van der Waals surface area contributed by atoms with Crippen LogP contribution in [-0.4, -0.2) is 39.2 Å². The molecule has 0 atom stereocenters. The number of ether oxygens (including phenoxy) is 2. The average molecular weight is 409 g/mol. The molecule has 0 unspecified atom stereocenters. The van der Waals surface area contributed by atoms with Gasteiger partial charge in [-0.05, 0) is 23.6 Å². The normalized spacial score (nSPS) is 10.7. The van der Waals surface area contributed by atoms with Crippen molar-refractivity contribution in [1.29, 1.82) is 0 Å². The molecule has 156 valence electrons. The van der Waals surface area contributed by atoms with Crippen LogP contribution >= 0.6 is 0 Å². The van der Waals surface area contributed by atoms with E-state index in [4.69, 9.17) is 21.6 Å². The van der Waals surface area contributed by atoms with Crippen LogP contribution in [0.2, 0.25) is 0 Å². The number of methoxy groups -OCH3 is 1. The Balaban J connectivity index is 2.01. The second kappa shape index (κ2) is 9.13. The molecule has 9 heteroatoms. The number of unbranched alkanes of at least 4 members (excludes halogenated alkanes) is 1. The Morgan fingerprint density at radius 1 is 1.37 bits per heavy atom. The van der Waals surface area contributed by atoms with Crippen LogP contribution in [0.15, 0.2) is 23.0 Å². The minimum atomic E-state index is -0.494. The van der Waals surface area contributed by atoms with Crippen molar-refractivity contribution < 1.29 is 14.3 Å². The van der Waals surface area contributed by atoms with E-state index in [1.54, 1.807) is 18.2 Å². The fourth-order valence-electron chi connectivity index (χ4n) is 3.02. The third-order valence-electron chi connectivity index (χ3n) is 4.57. The van der Waals surface area contributed by atoms with E-state index in [1.807, 2.05) is 6.92 Å². The number of aromatic nitrogens is 4. The van der Waals surface area contributed by atoms with Gasteiger partial charge < -0.3 is 20.2 Å². The van der Waals surface area contributed by atoms with Gasteiger partial charge in [0.1, 0.15) is 5.52 Å². The quantitative estimate of drug-likeness (QED) is 0.331. The van der Waals surface area contributed by atoms with Gasteiger partial charge in [-0.3, -0.25) is 4.57 Å². The molecule has 0 fully saturated rings. The van der Waals surface area contributed by atoms with Crippen molar-refractivity contribution >= 4 is 23.0 Å². The predicted molar refractivity (Wildman–Crippen MR) is 112 cm³/mol. The van der Waals surface area contributed by atoms with Gasteiger partial charge in [-0.15, -0.1) is 12.3 Å². The minimum Gasteiger partial charge on any atom is -0.465 e. The summed E-state index contributed by atoms with van der Waals surface area (Å²) in [4.78, 5) is 35.8. The number of nitrogens with zero attached hydrogens (tertiary/aromatic N) is 3. The molecule has 0 amide bonds. The van der Waals surface area contributed by atoms with Gasteiger partial charge in [0.2, 0.25) is 0 Å². The molecule has 3 rings (SSSR count). The molecule has 1 aromatic carbocycles. The lowest BCUT2D eigenvalue weighted by molar-refractivity contribution is 0.0599. The molecule has 2 heterocycles. The molecule has 0 bridgehead atoms. The Morgan fingerprint density at radius 3 is 2.87 bits per heavy atom. The number of benzene rings is 1. The van der Waals surface area contributed by atoms with Gasteiger partial charge in [0.15, 0.2) is 11.5 Å². The van der Waals surface area contributed by atoms with Crippen LogP contribution in [0.5, 0.6) is 6.01 Å². The van der Waals surface area contributed by atoms with Gasteiger partial charge in [0.25, 0.3) is 0 Å². The predicted octanol–water partition coefficient (Wildman–Crippen LogP) is 1.89. The first-order valence-corrected chi connectivity index (χ1v) is 9.50. The number of esters is 1. The molecule has 2 aromatic heterocycles. The third-order valence-corrected chi connectivity index (χ3v) is 4.57. The van der Waals surface area contributed by atoms with Crippen molar-refractivity contribution in [1.82, 2.24) is 19.5 Å². The molecule has 3 aromatic rings. The fraction of sp³-hybridized carbons (Fsp3) is 0.333. The highest BCUT2D eigenvalue weighted by Gasteiger charge is 2.17. The van der Waals surface area contributed by atoms with Crippen molar-refractivity contribution in [2.45, 2.75) is 32.7 Å². The summed E-state index contributed by atoms with van der Waals surface area (Å²) >= 11 is 0. The fourth-order valence-corrected chi connectivity index (χ4v) is 3.02. The molecule has 0 saturated carbocycles. The molecule has 0 aliphatic rings. The SMILES string of the molecule is C#CCc1ccc(Cn2c(=O)[nH]c3c(N)nc(OCCCC)nc32)cc1C(=O)OC. The van der Waals surface area contributed by atoms with Gasteiger partial charge in [0.05, 0.1) is 25.8 Å². The number of carbonyl (C=O) groups is 1. The summed E-state index contributed by atoms with van der Waals surface area (Å²) in [6.07, 6.45) is 7.49. The smallest absolute Gasteiger partial charge is 0.338 e. The number of aromatic amines is 1. The van der Waals surface area contributed by atoms with Crippen molar-refractivity contribution in [3.8, 4) is 18.4 Å². The molecular formula is C21H23N5O4. The summed E-state index contributed by atoms with van der Waals surface area (Å²) in [6.45, 7) is 2.66. The van der Waals surface area contributed by atoms with E-state index < -0.39 is 11.7 Å². The summed E-state index contributed by atoms with van der Waals surface area (Å²) in [5.74, 6) is 2.16. The van der Waals surface area contributed by atoms with E-state index >= 15 is 0 Å². The Labute approximate surface area is 173 Å². The van der Waals surface area contributed by atoms with Crippen LogP contribution in [-0.2, 0) is 17.7 Å². The van der Waals surface area contributed by atoms with Crippen LogP contribution in [0.4, 0.5) is 5.82 Å². The molecule has 0 aliphatic heterocycles. The first kappa shape index (κ1) is 20.9. The number of nitrogen functional groups attached to an aromatic ring is 1. The number of carbonyl (C=O) groups excluding carboxylic acids is 1. The third kappa shape index (κ3) is 4.27. The van der Waals surface area contributed by atoms with E-state index in [2.05, 4.69) is 20.9 Å². The van der Waals surface area contributed by atoms with E-state index in [0.717, 1.165) is 12.8 Å². The van der Waals surface area contributed by atoms with Crippen molar-refractivity contribution in [3.05, 3.63) is 45.4 Å². The maximum atomic E-state index is 12.5. The number of anilines is 1. The number of hydrogen-bond donors (Lipinski definition) is 2. The number of hydrogen-bond acceptors (Lipinski definition) is 7. The summed E-state index contributed by atoms with van der Waals surface area (Å²) < 4.78 is 11.8. The zero-order valence-corrected chi connectivity index (χ0v) is 16.9. The Bertz CT molecular complexity index is 1170. The molecule has 0 aliphatic carbocycles. The summed E-state index contributed by atoms with van der Waals surface area (Å²) in [5, 5.41) is 0. The second-order valence-corrected chi connectivity index (χ2v) is 6.67. The topological polar surface area (TPSA) is 125 Å². The lowest BCUT2D eigenvalue weighted by atomic mass is 10.0. The summed E-state index contributed by atoms with van der Waals surface area (Å²) in [5.41, 5.74) is 7.97. The average Bonchev–Trinajstić information content (AvgIpc) is 3.05. The highest BCUT2D eigenvalue weighted by atomic mass is 16.5. The van der Waals surface area contributed by atoms with E-state index in [1.165, 1.54) is 11.7 Å². The molecule has 30 heavy (non-hydrogen) atoms. The first-order valence-electron chi connectivity index (χ1n) is 9.50. The Hall–Kier alpha value is -3.80. The number of rotatable bonds is 8. The van der Waals surface area contributed by atoms with Crippen molar-refractivity contribution in [2.75, 3.05) is 19.5 Å². The standard InChI is InChI=1S/C21H23N5O4/c1-4-6-10-30-20-24-17(22)16-18(25-20)26(21(28)23-16)12-13-8-9-14(7-5-2)15(11-13)19(27)29-3/h2,8-9,11H,4,6-7,10,12H2,1,3H3,(H,23,28)(H2,22,24,25). The van der Waals surface area contributed by atoms with Crippen LogP contribution < -0.4 is 16.2 Å². The molecule has 0 radical (unpaired) electrons. The number of nitrogens with one attached hydrogen (secondary N) is 1. The van der Waals surface area contributed by atoms with E-state index in [-0.39, 0.29) is 18.4 Å². The number of fused-ring (bicyclic) bond motifs is 1. The monoisotopic (exact) mass is 409 g/mol. The van der Waals surface area contributed by atoms with Crippen molar-refractivity contribution in [3.63, 3.8) is 0 Å². The number of H-pyrrole nitrogens is 1. The highest BCUT2D eigenvalue weighted by molar-refractivity contribution is 5.91. The molecule has 0 spiro atoms. The van der Waals surface area contributed by atoms with Gasteiger partial charge in [-0.25, -0.2) is 9.59 Å². The Kier molecular flexibility index (Phi) is 6.37. The molecule has 0 saturated heterocycles. The lowest BCUT2D eigenvalue weighted by Crippen LogP contribution is -2.18. The molecule has 3 N–H and O–H groups in total. The van der Waals surface area contributed by atoms with Crippen LogP contribution in [0.3, 0.4) is 0 Å². The Morgan fingerprint density at radius 2 is 2.17 bits per heavy atom. The van der Waals surface area contributed by atoms with Crippen LogP contribution in [0.25, 0.3) is 11.2 Å². The molecular weight excluding hydrogens is 386 g/mol. The molecule has 9 nitrogen and oxygen atoms in total.